The van der Waals surface area contributed by atoms with Gasteiger partial charge in [0, 0.05) is 33.9 Å². The summed E-state index contributed by atoms with van der Waals surface area (Å²) in [5.41, 5.74) is 0.310. The van der Waals surface area contributed by atoms with Gasteiger partial charge in [-0.2, -0.15) is 0 Å². The Morgan fingerprint density at radius 2 is 2.00 bits per heavy atom. The fraction of sp³-hybridized carbons (Fsp3) is 0.938. The Labute approximate surface area is 163 Å². The molecule has 0 spiro atoms. The van der Waals surface area contributed by atoms with Gasteiger partial charge in [0.1, 0.15) is 0 Å². The van der Waals surface area contributed by atoms with E-state index in [2.05, 4.69) is 15.6 Å². The molecular weight excluding hydrogens is 441 g/mol. The molecule has 1 atom stereocenters. The van der Waals surface area contributed by atoms with Crippen LogP contribution < -0.4 is 10.6 Å². The minimum Gasteiger partial charge on any atom is -0.385 e. The normalized spacial score (nSPS) is 25.2. The lowest BCUT2D eigenvalue weighted by Crippen LogP contribution is -2.44. The number of guanidine groups is 1. The zero-order valence-corrected chi connectivity index (χ0v) is 18.0. The molecule has 1 aliphatic heterocycles. The Kier molecular flexibility index (Phi) is 9.29. The highest BCUT2D eigenvalue weighted by Gasteiger charge is 2.33. The molecule has 0 bridgehead atoms. The zero-order valence-electron chi connectivity index (χ0n) is 14.8. The number of rotatable bonds is 7. The molecule has 142 valence electrons. The van der Waals surface area contributed by atoms with E-state index in [4.69, 9.17) is 4.74 Å². The number of hydrogen-bond acceptors (Lipinski definition) is 4. The molecule has 8 heteroatoms. The average molecular weight is 473 g/mol. The van der Waals surface area contributed by atoms with Gasteiger partial charge in [0.2, 0.25) is 0 Å². The van der Waals surface area contributed by atoms with E-state index in [0.29, 0.717) is 23.5 Å². The van der Waals surface area contributed by atoms with Crippen molar-refractivity contribution < 1.29 is 13.2 Å². The maximum Gasteiger partial charge on any atom is 0.191 e. The summed E-state index contributed by atoms with van der Waals surface area (Å²) in [6.07, 6.45) is 6.88. The van der Waals surface area contributed by atoms with Crippen molar-refractivity contribution in [2.24, 2.45) is 16.3 Å². The van der Waals surface area contributed by atoms with Gasteiger partial charge >= 0.3 is 0 Å². The summed E-state index contributed by atoms with van der Waals surface area (Å²) in [5, 5.41) is 6.73. The molecule has 1 aliphatic carbocycles. The van der Waals surface area contributed by atoms with Crippen molar-refractivity contribution in [2.75, 3.05) is 45.4 Å². The average Bonchev–Trinajstić information content (AvgIpc) is 3.12. The van der Waals surface area contributed by atoms with Crippen LogP contribution in [0, 0.1) is 11.3 Å². The summed E-state index contributed by atoms with van der Waals surface area (Å²) in [4.78, 5) is 4.27. The van der Waals surface area contributed by atoms with Gasteiger partial charge in [-0.15, -0.1) is 24.0 Å². The fourth-order valence-electron chi connectivity index (χ4n) is 3.72. The van der Waals surface area contributed by atoms with Gasteiger partial charge in [0.05, 0.1) is 11.5 Å². The summed E-state index contributed by atoms with van der Waals surface area (Å²) in [6, 6.07) is 0. The minimum atomic E-state index is -2.81. The third kappa shape index (κ3) is 6.67. The van der Waals surface area contributed by atoms with Crippen molar-refractivity contribution >= 4 is 39.8 Å². The standard InChI is InChI=1S/C16H31N3O3S.HI/c1-17-15(18-11-14-5-10-23(20,21)12-14)19-13-16(8-9-22-2)6-3-4-7-16;/h14H,3-13H2,1-2H3,(H2,17,18,19);1H. The molecule has 0 aromatic rings. The topological polar surface area (TPSA) is 79.8 Å². The molecule has 1 saturated heterocycles. The molecule has 2 fully saturated rings. The van der Waals surface area contributed by atoms with Crippen LogP contribution in [0.25, 0.3) is 0 Å². The summed E-state index contributed by atoms with van der Waals surface area (Å²) in [6.45, 7) is 2.37. The van der Waals surface area contributed by atoms with E-state index in [-0.39, 0.29) is 29.9 Å². The molecule has 1 heterocycles. The van der Waals surface area contributed by atoms with Gasteiger partial charge in [0.15, 0.2) is 15.8 Å². The molecule has 2 aliphatic rings. The second-order valence-corrected chi connectivity index (χ2v) is 9.25. The first-order valence-electron chi connectivity index (χ1n) is 8.62. The van der Waals surface area contributed by atoms with Crippen LogP contribution in [0.15, 0.2) is 4.99 Å². The van der Waals surface area contributed by atoms with Gasteiger partial charge in [-0.05, 0) is 37.0 Å². The highest BCUT2D eigenvalue weighted by molar-refractivity contribution is 14.0. The Bertz CT molecular complexity index is 505. The summed E-state index contributed by atoms with van der Waals surface area (Å²) >= 11 is 0. The van der Waals surface area contributed by atoms with E-state index in [0.717, 1.165) is 32.0 Å². The third-order valence-electron chi connectivity index (χ3n) is 5.24. The maximum atomic E-state index is 11.5. The largest absolute Gasteiger partial charge is 0.385 e. The van der Waals surface area contributed by atoms with Crippen LogP contribution in [-0.4, -0.2) is 59.7 Å². The van der Waals surface area contributed by atoms with E-state index in [1.165, 1.54) is 25.7 Å². The van der Waals surface area contributed by atoms with Gasteiger partial charge in [-0.25, -0.2) is 8.42 Å². The fourth-order valence-corrected chi connectivity index (χ4v) is 5.59. The Morgan fingerprint density at radius 1 is 1.29 bits per heavy atom. The lowest BCUT2D eigenvalue weighted by molar-refractivity contribution is 0.138. The van der Waals surface area contributed by atoms with Gasteiger partial charge in [-0.1, -0.05) is 12.8 Å². The van der Waals surface area contributed by atoms with Crippen LogP contribution in [0.5, 0.6) is 0 Å². The van der Waals surface area contributed by atoms with Gasteiger partial charge in [0.25, 0.3) is 0 Å². The Morgan fingerprint density at radius 3 is 2.54 bits per heavy atom. The van der Waals surface area contributed by atoms with E-state index >= 15 is 0 Å². The van der Waals surface area contributed by atoms with Crippen LogP contribution in [-0.2, 0) is 14.6 Å². The number of methoxy groups -OCH3 is 1. The second-order valence-electron chi connectivity index (χ2n) is 7.03. The highest BCUT2D eigenvalue weighted by atomic mass is 127. The van der Waals surface area contributed by atoms with Crippen LogP contribution in [0.3, 0.4) is 0 Å². The number of ether oxygens (including phenoxy) is 1. The van der Waals surface area contributed by atoms with Crippen molar-refractivity contribution in [1.82, 2.24) is 10.6 Å². The van der Waals surface area contributed by atoms with E-state index in [9.17, 15) is 8.42 Å². The van der Waals surface area contributed by atoms with Crippen molar-refractivity contribution in [3.05, 3.63) is 0 Å². The number of nitrogens with zero attached hydrogens (tertiary/aromatic N) is 1. The summed E-state index contributed by atoms with van der Waals surface area (Å²) in [5.74, 6) is 1.60. The number of hydrogen-bond donors (Lipinski definition) is 2. The quantitative estimate of drug-likeness (QED) is 0.335. The molecule has 1 saturated carbocycles. The van der Waals surface area contributed by atoms with Crippen LogP contribution >= 0.6 is 24.0 Å². The molecule has 0 amide bonds. The van der Waals surface area contributed by atoms with E-state index < -0.39 is 9.84 Å². The summed E-state index contributed by atoms with van der Waals surface area (Å²) in [7, 11) is 0.708. The summed E-state index contributed by atoms with van der Waals surface area (Å²) < 4.78 is 28.3. The van der Waals surface area contributed by atoms with Crippen LogP contribution in [0.2, 0.25) is 0 Å². The number of halogens is 1. The lowest BCUT2D eigenvalue weighted by Gasteiger charge is -2.30. The minimum absolute atomic E-state index is 0. The Balaban J connectivity index is 0.00000288. The first kappa shape index (κ1) is 22.0. The second kappa shape index (κ2) is 10.2. The van der Waals surface area contributed by atoms with E-state index in [1.54, 1.807) is 14.2 Å². The first-order chi connectivity index (χ1) is 11.0. The van der Waals surface area contributed by atoms with Gasteiger partial charge in [-0.3, -0.25) is 4.99 Å². The third-order valence-corrected chi connectivity index (χ3v) is 7.08. The lowest BCUT2D eigenvalue weighted by atomic mass is 9.83. The molecule has 0 aromatic heterocycles. The molecule has 0 radical (unpaired) electrons. The zero-order chi connectivity index (χ0) is 16.8. The molecule has 24 heavy (non-hydrogen) atoms. The molecule has 2 N–H and O–H groups in total. The van der Waals surface area contributed by atoms with Crippen molar-refractivity contribution in [2.45, 2.75) is 38.5 Å². The molecular formula is C16H32IN3O3S. The predicted molar refractivity (Wildman–Crippen MR) is 109 cm³/mol. The molecule has 1 unspecified atom stereocenters. The highest BCUT2D eigenvalue weighted by Crippen LogP contribution is 2.40. The molecule has 6 nitrogen and oxygen atoms in total. The number of aliphatic imine (C=N–C) groups is 1. The van der Waals surface area contributed by atoms with Crippen molar-refractivity contribution in [1.29, 1.82) is 0 Å². The van der Waals surface area contributed by atoms with Crippen molar-refractivity contribution in [3.8, 4) is 0 Å². The van der Waals surface area contributed by atoms with Crippen molar-refractivity contribution in [3.63, 3.8) is 0 Å². The van der Waals surface area contributed by atoms with Crippen LogP contribution in [0.1, 0.15) is 38.5 Å². The molecule has 2 rings (SSSR count). The maximum absolute atomic E-state index is 11.5. The number of sulfone groups is 1. The first-order valence-corrected chi connectivity index (χ1v) is 10.4. The Hall–Kier alpha value is -0.0900. The predicted octanol–water partition coefficient (Wildman–Crippen LogP) is 1.80. The monoisotopic (exact) mass is 473 g/mol. The molecule has 0 aromatic carbocycles. The smallest absolute Gasteiger partial charge is 0.191 e. The number of nitrogens with one attached hydrogen (secondary N) is 2. The SMILES string of the molecule is CN=C(NCC1CCS(=O)(=O)C1)NCC1(CCOC)CCCC1.I. The van der Waals surface area contributed by atoms with Gasteiger partial charge < -0.3 is 15.4 Å². The van der Waals surface area contributed by atoms with E-state index in [1.807, 2.05) is 0 Å². The van der Waals surface area contributed by atoms with Crippen LogP contribution in [0.4, 0.5) is 0 Å².